The van der Waals surface area contributed by atoms with Crippen LogP contribution in [-0.2, 0) is 4.74 Å². The average molecular weight is 225 g/mol. The van der Waals surface area contributed by atoms with Crippen molar-refractivity contribution >= 4 is 5.96 Å². The van der Waals surface area contributed by atoms with Crippen LogP contribution < -0.4 is 5.73 Å². The predicted octanol–water partition coefficient (Wildman–Crippen LogP) is 1.21. The first-order valence-electron chi connectivity index (χ1n) is 6.26. The number of nitrogens with two attached hydrogens (primary N) is 1. The first-order chi connectivity index (χ1) is 7.57. The van der Waals surface area contributed by atoms with Crippen LogP contribution in [0.5, 0.6) is 0 Å². The fourth-order valence-corrected chi connectivity index (χ4v) is 2.79. The number of hydrogen-bond donors (Lipinski definition) is 1. The minimum absolute atomic E-state index is 0.189. The molecule has 2 aliphatic rings. The molecule has 0 aromatic carbocycles. The highest BCUT2D eigenvalue weighted by molar-refractivity contribution is 5.81. The average Bonchev–Trinajstić information content (AvgIpc) is 2.45. The van der Waals surface area contributed by atoms with E-state index in [1.54, 1.807) is 0 Å². The third-order valence-electron chi connectivity index (χ3n) is 3.55. The number of hydrogen-bond acceptors (Lipinski definition) is 4. The zero-order valence-corrected chi connectivity index (χ0v) is 10.6. The Kier molecular flexibility index (Phi) is 3.10. The van der Waals surface area contributed by atoms with Gasteiger partial charge in [-0.1, -0.05) is 13.8 Å². The lowest BCUT2D eigenvalue weighted by Gasteiger charge is -2.50. The molecule has 1 aliphatic carbocycles. The maximum Gasteiger partial charge on any atom is 0.191 e. The van der Waals surface area contributed by atoms with Gasteiger partial charge in [-0.15, -0.1) is 0 Å². The van der Waals surface area contributed by atoms with Crippen LogP contribution in [0.15, 0.2) is 4.99 Å². The molecule has 4 nitrogen and oxygen atoms in total. The van der Waals surface area contributed by atoms with Gasteiger partial charge in [0.15, 0.2) is 5.96 Å². The molecule has 2 rings (SSSR count). The van der Waals surface area contributed by atoms with Crippen LogP contribution in [0.3, 0.4) is 0 Å². The second-order valence-corrected chi connectivity index (χ2v) is 5.39. The smallest absolute Gasteiger partial charge is 0.191 e. The molecule has 0 unspecified atom stereocenters. The molecular weight excluding hydrogens is 202 g/mol. The molecule has 0 amide bonds. The summed E-state index contributed by atoms with van der Waals surface area (Å²) >= 11 is 0. The zero-order chi connectivity index (χ0) is 11.8. The van der Waals surface area contributed by atoms with Crippen molar-refractivity contribution < 1.29 is 4.74 Å². The Bertz CT molecular complexity index is 282. The van der Waals surface area contributed by atoms with E-state index in [9.17, 15) is 0 Å². The first-order valence-corrected chi connectivity index (χ1v) is 6.26. The fraction of sp³-hybridized carbons (Fsp3) is 0.917. The van der Waals surface area contributed by atoms with Gasteiger partial charge in [-0.25, -0.2) is 0 Å². The van der Waals surface area contributed by atoms with E-state index in [-0.39, 0.29) is 5.54 Å². The fourth-order valence-electron chi connectivity index (χ4n) is 2.79. The summed E-state index contributed by atoms with van der Waals surface area (Å²) in [4.78, 5) is 6.70. The minimum atomic E-state index is 0.189. The van der Waals surface area contributed by atoms with Crippen LogP contribution in [0, 0.1) is 5.92 Å². The SMILES string of the molecule is CCOC1CC2(CN=C(N)N2CC(C)C)C1. The highest BCUT2D eigenvalue weighted by Crippen LogP contribution is 2.42. The summed E-state index contributed by atoms with van der Waals surface area (Å²) in [5, 5.41) is 0. The molecule has 2 N–H and O–H groups in total. The Balaban J connectivity index is 1.96. The predicted molar refractivity (Wildman–Crippen MR) is 65.4 cm³/mol. The third kappa shape index (κ3) is 1.90. The van der Waals surface area contributed by atoms with E-state index in [1.807, 2.05) is 0 Å². The summed E-state index contributed by atoms with van der Waals surface area (Å²) in [7, 11) is 0. The molecule has 16 heavy (non-hydrogen) atoms. The molecule has 0 radical (unpaired) electrons. The Morgan fingerprint density at radius 2 is 2.25 bits per heavy atom. The van der Waals surface area contributed by atoms with Crippen LogP contribution in [-0.4, -0.2) is 42.2 Å². The van der Waals surface area contributed by atoms with Crippen LogP contribution in [0.2, 0.25) is 0 Å². The van der Waals surface area contributed by atoms with Crippen molar-refractivity contribution in [3.63, 3.8) is 0 Å². The van der Waals surface area contributed by atoms with Crippen LogP contribution in [0.1, 0.15) is 33.6 Å². The molecule has 1 aliphatic heterocycles. The van der Waals surface area contributed by atoms with Gasteiger partial charge in [-0.2, -0.15) is 0 Å². The highest BCUT2D eigenvalue weighted by Gasteiger charge is 2.52. The van der Waals surface area contributed by atoms with Crippen LogP contribution in [0.4, 0.5) is 0 Å². The lowest BCUT2D eigenvalue weighted by Crippen LogP contribution is -2.62. The summed E-state index contributed by atoms with van der Waals surface area (Å²) in [5.41, 5.74) is 6.16. The Morgan fingerprint density at radius 3 is 2.81 bits per heavy atom. The molecule has 1 saturated carbocycles. The number of aliphatic imine (C=N–C) groups is 1. The van der Waals surface area contributed by atoms with Crippen LogP contribution >= 0.6 is 0 Å². The molecule has 0 bridgehead atoms. The van der Waals surface area contributed by atoms with Gasteiger partial charge in [-0.05, 0) is 25.7 Å². The van der Waals surface area contributed by atoms with Gasteiger partial charge < -0.3 is 15.4 Å². The highest BCUT2D eigenvalue weighted by atomic mass is 16.5. The van der Waals surface area contributed by atoms with E-state index in [4.69, 9.17) is 10.5 Å². The van der Waals surface area contributed by atoms with Crippen molar-refractivity contribution in [3.05, 3.63) is 0 Å². The van der Waals surface area contributed by atoms with Gasteiger partial charge in [-0.3, -0.25) is 4.99 Å². The Morgan fingerprint density at radius 1 is 1.56 bits per heavy atom. The molecule has 0 atom stereocenters. The maximum atomic E-state index is 5.97. The normalized spacial score (nSPS) is 33.4. The van der Waals surface area contributed by atoms with Crippen LogP contribution in [0.25, 0.3) is 0 Å². The monoisotopic (exact) mass is 225 g/mol. The van der Waals surface area contributed by atoms with E-state index in [0.29, 0.717) is 12.0 Å². The molecule has 1 fully saturated rings. The third-order valence-corrected chi connectivity index (χ3v) is 3.55. The van der Waals surface area contributed by atoms with E-state index in [1.165, 1.54) is 0 Å². The second-order valence-electron chi connectivity index (χ2n) is 5.39. The molecule has 0 saturated heterocycles. The van der Waals surface area contributed by atoms with Crippen molar-refractivity contribution in [2.75, 3.05) is 19.7 Å². The summed E-state index contributed by atoms with van der Waals surface area (Å²) in [6, 6.07) is 0. The number of ether oxygens (including phenoxy) is 1. The van der Waals surface area contributed by atoms with Crippen molar-refractivity contribution in [2.24, 2.45) is 16.6 Å². The summed E-state index contributed by atoms with van der Waals surface area (Å²) in [5.74, 6) is 1.35. The van der Waals surface area contributed by atoms with Gasteiger partial charge >= 0.3 is 0 Å². The second kappa shape index (κ2) is 4.24. The Labute approximate surface area is 97.9 Å². The number of rotatable bonds is 4. The van der Waals surface area contributed by atoms with E-state index < -0.39 is 0 Å². The molecule has 92 valence electrons. The summed E-state index contributed by atoms with van der Waals surface area (Å²) < 4.78 is 5.63. The number of guanidine groups is 1. The van der Waals surface area contributed by atoms with Gasteiger partial charge in [0.2, 0.25) is 0 Å². The van der Waals surface area contributed by atoms with E-state index >= 15 is 0 Å². The molecule has 4 heteroatoms. The first kappa shape index (κ1) is 11.7. The van der Waals surface area contributed by atoms with Crippen molar-refractivity contribution in [2.45, 2.75) is 45.3 Å². The minimum Gasteiger partial charge on any atom is -0.378 e. The van der Waals surface area contributed by atoms with Gasteiger partial charge in [0.05, 0.1) is 18.2 Å². The Hall–Kier alpha value is -0.770. The lowest BCUT2D eigenvalue weighted by atomic mass is 9.73. The largest absolute Gasteiger partial charge is 0.378 e. The van der Waals surface area contributed by atoms with E-state index in [0.717, 1.165) is 38.5 Å². The summed E-state index contributed by atoms with van der Waals surface area (Å²) in [6.45, 7) is 9.16. The van der Waals surface area contributed by atoms with Gasteiger partial charge in [0.1, 0.15) is 0 Å². The van der Waals surface area contributed by atoms with Crippen molar-refractivity contribution in [1.82, 2.24) is 4.90 Å². The van der Waals surface area contributed by atoms with Crippen molar-refractivity contribution in [1.29, 1.82) is 0 Å². The van der Waals surface area contributed by atoms with Crippen molar-refractivity contribution in [3.8, 4) is 0 Å². The standard InChI is InChI=1S/C12H23N3O/c1-4-16-10-5-12(6-10)8-14-11(13)15(12)7-9(2)3/h9-10H,4-8H2,1-3H3,(H2,13,14). The van der Waals surface area contributed by atoms with Gasteiger partial charge in [0.25, 0.3) is 0 Å². The quantitative estimate of drug-likeness (QED) is 0.782. The molecule has 0 aromatic rings. The van der Waals surface area contributed by atoms with Gasteiger partial charge in [0, 0.05) is 13.2 Å². The van der Waals surface area contributed by atoms with E-state index in [2.05, 4.69) is 30.7 Å². The zero-order valence-electron chi connectivity index (χ0n) is 10.6. The molecular formula is C12H23N3O. The molecule has 1 heterocycles. The molecule has 1 spiro atoms. The summed E-state index contributed by atoms with van der Waals surface area (Å²) in [6.07, 6.45) is 2.58. The maximum absolute atomic E-state index is 5.97. The number of nitrogens with zero attached hydrogens (tertiary/aromatic N) is 2. The lowest BCUT2D eigenvalue weighted by molar-refractivity contribution is -0.0750. The topological polar surface area (TPSA) is 50.9 Å². The molecule has 0 aromatic heterocycles.